The first kappa shape index (κ1) is 27.0. The number of nitrogens with zero attached hydrogens (tertiary/aromatic N) is 1. The quantitative estimate of drug-likeness (QED) is 0.483. The molecule has 2 N–H and O–H groups in total. The van der Waals surface area contributed by atoms with Crippen molar-refractivity contribution in [1.29, 1.82) is 0 Å². The molecule has 40 heavy (non-hydrogen) atoms. The van der Waals surface area contributed by atoms with Crippen LogP contribution in [0.3, 0.4) is 0 Å². The summed E-state index contributed by atoms with van der Waals surface area (Å²) in [6, 6.07) is 16.0. The number of halogens is 1. The summed E-state index contributed by atoms with van der Waals surface area (Å²) in [7, 11) is 0. The fourth-order valence-electron chi connectivity index (χ4n) is 7.21. The average Bonchev–Trinajstić information content (AvgIpc) is 3.59. The van der Waals surface area contributed by atoms with Crippen molar-refractivity contribution in [1.82, 2.24) is 10.2 Å². The number of carbonyl (C=O) groups is 3. The maximum atomic E-state index is 14.2. The van der Waals surface area contributed by atoms with Gasteiger partial charge in [0.2, 0.25) is 17.7 Å². The van der Waals surface area contributed by atoms with Gasteiger partial charge in [0.15, 0.2) is 0 Å². The number of ether oxygens (including phenoxy) is 1. The van der Waals surface area contributed by atoms with Crippen LogP contribution in [0.15, 0.2) is 66.7 Å². The Labute approximate surface area is 240 Å². The van der Waals surface area contributed by atoms with Crippen molar-refractivity contribution in [3.05, 3.63) is 77.3 Å². The first-order chi connectivity index (χ1) is 19.3. The Kier molecular flexibility index (Phi) is 7.21. The Bertz CT molecular complexity index is 1320. The lowest BCUT2D eigenvalue weighted by Crippen LogP contribution is -2.58. The van der Waals surface area contributed by atoms with Crippen LogP contribution in [-0.2, 0) is 25.5 Å². The standard InChI is InChI=1S/C32H36ClN3O4/c1-19-7-6-10-24(20(19)2)35-30(38)28-32-17-15-25(40-32)26(29(37)34-23-13-11-22(33)12-14-23)27(32)31(39)36(28)18-16-21-8-4-3-5-9-21/h3-5,8-9,11-15,17,19-20,24-28H,6-7,10,16,18H2,1-2H3,(H,34,37)(H,35,38)/t19-,20-,24+,25+,26-,27+,28+,32+/m1/s1. The summed E-state index contributed by atoms with van der Waals surface area (Å²) in [6.07, 6.45) is 6.89. The lowest BCUT2D eigenvalue weighted by molar-refractivity contribution is -0.141. The molecule has 8 atom stereocenters. The Morgan fingerprint density at radius 1 is 1.05 bits per heavy atom. The summed E-state index contributed by atoms with van der Waals surface area (Å²) >= 11 is 6.01. The number of amides is 3. The van der Waals surface area contributed by atoms with Gasteiger partial charge in [-0.3, -0.25) is 14.4 Å². The second-order valence-electron chi connectivity index (χ2n) is 11.8. The van der Waals surface area contributed by atoms with Gasteiger partial charge in [-0.1, -0.05) is 80.8 Å². The van der Waals surface area contributed by atoms with Crippen molar-refractivity contribution < 1.29 is 19.1 Å². The lowest BCUT2D eigenvalue weighted by Gasteiger charge is -2.38. The number of fused-ring (bicyclic) bond motifs is 1. The molecule has 3 amide bonds. The molecule has 1 aliphatic carbocycles. The summed E-state index contributed by atoms with van der Waals surface area (Å²) in [5.41, 5.74) is 0.501. The average molecular weight is 562 g/mol. The Morgan fingerprint density at radius 2 is 1.80 bits per heavy atom. The summed E-state index contributed by atoms with van der Waals surface area (Å²) < 4.78 is 6.48. The van der Waals surface area contributed by atoms with Crippen LogP contribution in [0.2, 0.25) is 5.02 Å². The first-order valence-electron chi connectivity index (χ1n) is 14.4. The van der Waals surface area contributed by atoms with Gasteiger partial charge >= 0.3 is 0 Å². The number of benzene rings is 2. The van der Waals surface area contributed by atoms with E-state index in [4.69, 9.17) is 16.3 Å². The van der Waals surface area contributed by atoms with E-state index in [0.29, 0.717) is 35.5 Å². The molecule has 0 radical (unpaired) electrons. The van der Waals surface area contributed by atoms with Crippen molar-refractivity contribution in [3.8, 4) is 0 Å². The highest BCUT2D eigenvalue weighted by Gasteiger charge is 2.72. The second kappa shape index (κ2) is 10.7. The molecule has 4 aliphatic rings. The molecular formula is C32H36ClN3O4. The molecule has 7 nitrogen and oxygen atoms in total. The van der Waals surface area contributed by atoms with Gasteiger partial charge in [-0.2, -0.15) is 0 Å². The molecule has 2 aromatic rings. The van der Waals surface area contributed by atoms with Gasteiger partial charge in [0.25, 0.3) is 0 Å². The van der Waals surface area contributed by atoms with E-state index in [0.717, 1.165) is 24.8 Å². The van der Waals surface area contributed by atoms with Crippen LogP contribution in [0.25, 0.3) is 0 Å². The van der Waals surface area contributed by atoms with Crippen molar-refractivity contribution in [2.24, 2.45) is 23.7 Å². The van der Waals surface area contributed by atoms with E-state index in [1.54, 1.807) is 29.2 Å². The topological polar surface area (TPSA) is 87.7 Å². The van der Waals surface area contributed by atoms with E-state index < -0.39 is 29.6 Å². The molecule has 2 saturated heterocycles. The molecule has 1 saturated carbocycles. The van der Waals surface area contributed by atoms with Crippen LogP contribution < -0.4 is 10.6 Å². The minimum atomic E-state index is -1.17. The minimum absolute atomic E-state index is 0.0457. The van der Waals surface area contributed by atoms with Crippen LogP contribution in [0.4, 0.5) is 5.69 Å². The number of hydrogen-bond acceptors (Lipinski definition) is 4. The van der Waals surface area contributed by atoms with Crippen LogP contribution in [0.1, 0.15) is 38.7 Å². The molecule has 1 spiro atoms. The molecule has 0 unspecified atom stereocenters. The summed E-state index contributed by atoms with van der Waals surface area (Å²) in [4.78, 5) is 43.6. The van der Waals surface area contributed by atoms with Gasteiger partial charge in [0, 0.05) is 23.3 Å². The van der Waals surface area contributed by atoms with Crippen molar-refractivity contribution in [2.75, 3.05) is 11.9 Å². The van der Waals surface area contributed by atoms with Crippen LogP contribution in [-0.4, -0.2) is 53.0 Å². The van der Waals surface area contributed by atoms with E-state index in [1.807, 2.05) is 42.5 Å². The van der Waals surface area contributed by atoms with Gasteiger partial charge in [-0.15, -0.1) is 0 Å². The van der Waals surface area contributed by atoms with Crippen molar-refractivity contribution >= 4 is 35.0 Å². The maximum absolute atomic E-state index is 14.2. The zero-order chi connectivity index (χ0) is 28.0. The number of rotatable bonds is 7. The van der Waals surface area contributed by atoms with Gasteiger partial charge in [0.1, 0.15) is 11.6 Å². The lowest BCUT2D eigenvalue weighted by atomic mass is 9.73. The fraction of sp³-hybridized carbons (Fsp3) is 0.469. The van der Waals surface area contributed by atoms with E-state index in [-0.39, 0.29) is 23.8 Å². The highest BCUT2D eigenvalue weighted by Crippen LogP contribution is 2.55. The normalized spacial score (nSPS) is 34.1. The molecule has 3 fully saturated rings. The number of hydrogen-bond donors (Lipinski definition) is 2. The molecule has 3 heterocycles. The number of nitrogens with one attached hydrogen (secondary N) is 2. The summed E-state index contributed by atoms with van der Waals surface area (Å²) in [5, 5.41) is 6.81. The number of likely N-dealkylation sites (tertiary alicyclic amines) is 1. The predicted molar refractivity (Wildman–Crippen MR) is 154 cm³/mol. The van der Waals surface area contributed by atoms with Crippen molar-refractivity contribution in [2.45, 2.75) is 63.3 Å². The summed E-state index contributed by atoms with van der Waals surface area (Å²) in [5.74, 6) is -1.35. The zero-order valence-electron chi connectivity index (χ0n) is 22.9. The van der Waals surface area contributed by atoms with Crippen LogP contribution >= 0.6 is 11.6 Å². The van der Waals surface area contributed by atoms with Gasteiger partial charge < -0.3 is 20.3 Å². The smallest absolute Gasteiger partial charge is 0.246 e. The third-order valence-corrected chi connectivity index (χ3v) is 9.81. The predicted octanol–water partition coefficient (Wildman–Crippen LogP) is 4.61. The van der Waals surface area contributed by atoms with E-state index in [9.17, 15) is 14.4 Å². The van der Waals surface area contributed by atoms with Gasteiger partial charge in [-0.05, 0) is 54.5 Å². The Morgan fingerprint density at radius 3 is 2.55 bits per heavy atom. The minimum Gasteiger partial charge on any atom is -0.359 e. The largest absolute Gasteiger partial charge is 0.359 e. The molecule has 2 aromatic carbocycles. The first-order valence-corrected chi connectivity index (χ1v) is 14.7. The molecule has 0 aromatic heterocycles. The Hall–Kier alpha value is -3.16. The summed E-state index contributed by atoms with van der Waals surface area (Å²) in [6.45, 7) is 4.79. The number of carbonyl (C=O) groups excluding carboxylic acids is 3. The van der Waals surface area contributed by atoms with Gasteiger partial charge in [-0.25, -0.2) is 0 Å². The molecule has 2 bridgehead atoms. The van der Waals surface area contributed by atoms with E-state index >= 15 is 0 Å². The monoisotopic (exact) mass is 561 g/mol. The molecule has 3 aliphatic heterocycles. The molecular weight excluding hydrogens is 526 g/mol. The second-order valence-corrected chi connectivity index (χ2v) is 12.3. The number of anilines is 1. The third-order valence-electron chi connectivity index (χ3n) is 9.56. The van der Waals surface area contributed by atoms with Crippen molar-refractivity contribution in [3.63, 3.8) is 0 Å². The maximum Gasteiger partial charge on any atom is 0.246 e. The van der Waals surface area contributed by atoms with Crippen LogP contribution in [0.5, 0.6) is 0 Å². The highest BCUT2D eigenvalue weighted by molar-refractivity contribution is 6.30. The highest BCUT2D eigenvalue weighted by atomic mass is 35.5. The Balaban J connectivity index is 1.29. The molecule has 8 heteroatoms. The van der Waals surface area contributed by atoms with Crippen LogP contribution in [0, 0.1) is 23.7 Å². The third kappa shape index (κ3) is 4.63. The fourth-order valence-corrected chi connectivity index (χ4v) is 7.33. The zero-order valence-corrected chi connectivity index (χ0v) is 23.6. The van der Waals surface area contributed by atoms with E-state index in [2.05, 4.69) is 24.5 Å². The van der Waals surface area contributed by atoms with E-state index in [1.165, 1.54) is 0 Å². The van der Waals surface area contributed by atoms with Gasteiger partial charge in [0.05, 0.1) is 17.9 Å². The molecule has 6 rings (SSSR count). The molecule has 210 valence electrons. The SMILES string of the molecule is C[C@@H]1[C@H](C)CCC[C@@H]1NC(=O)[C@@H]1N(CCc2ccccc2)C(=O)[C@@H]2[C@H](C(=O)Nc3ccc(Cl)cc3)[C@@H]3C=C[C@]21O3.